The van der Waals surface area contributed by atoms with Gasteiger partial charge in [-0.2, -0.15) is 5.26 Å². The molecule has 3 aromatic rings. The third-order valence-corrected chi connectivity index (χ3v) is 3.85. The predicted molar refractivity (Wildman–Crippen MR) is 104 cm³/mol. The highest BCUT2D eigenvalue weighted by Crippen LogP contribution is 2.17. The van der Waals surface area contributed by atoms with Crippen LogP contribution in [0.15, 0.2) is 66.9 Å². The third-order valence-electron chi connectivity index (χ3n) is 3.85. The number of nitriles is 1. The lowest BCUT2D eigenvalue weighted by atomic mass is 10.2. The lowest BCUT2D eigenvalue weighted by Crippen LogP contribution is -2.12. The molecular formula is C21H16N4O3. The number of hydrogen-bond donors (Lipinski definition) is 2. The van der Waals surface area contributed by atoms with Crippen molar-refractivity contribution in [3.05, 3.63) is 83.6 Å². The third kappa shape index (κ3) is 4.51. The molecule has 0 unspecified atom stereocenters. The van der Waals surface area contributed by atoms with Crippen LogP contribution in [0, 0.1) is 11.3 Å². The minimum Gasteiger partial charge on any atom is -0.465 e. The summed E-state index contributed by atoms with van der Waals surface area (Å²) in [6.45, 7) is 0. The maximum atomic E-state index is 12.3. The van der Waals surface area contributed by atoms with Crippen LogP contribution in [0.5, 0.6) is 0 Å². The Morgan fingerprint density at radius 3 is 2.39 bits per heavy atom. The van der Waals surface area contributed by atoms with Crippen molar-refractivity contribution in [2.75, 3.05) is 17.7 Å². The zero-order valence-electron chi connectivity index (χ0n) is 15.0. The topological polar surface area (TPSA) is 104 Å². The van der Waals surface area contributed by atoms with Gasteiger partial charge < -0.3 is 15.4 Å². The van der Waals surface area contributed by atoms with Crippen LogP contribution < -0.4 is 10.6 Å². The number of esters is 1. The summed E-state index contributed by atoms with van der Waals surface area (Å²) in [6, 6.07) is 18.8. The average molecular weight is 372 g/mol. The van der Waals surface area contributed by atoms with Gasteiger partial charge >= 0.3 is 5.97 Å². The first-order valence-corrected chi connectivity index (χ1v) is 8.32. The van der Waals surface area contributed by atoms with E-state index < -0.39 is 5.97 Å². The summed E-state index contributed by atoms with van der Waals surface area (Å²) in [4.78, 5) is 28.0. The van der Waals surface area contributed by atoms with Gasteiger partial charge in [-0.3, -0.25) is 4.79 Å². The quantitative estimate of drug-likeness (QED) is 0.661. The summed E-state index contributed by atoms with van der Waals surface area (Å²) < 4.78 is 4.66. The zero-order valence-corrected chi connectivity index (χ0v) is 15.0. The molecule has 7 nitrogen and oxygen atoms in total. The number of carbonyl (C=O) groups excluding carboxylic acids is 2. The molecule has 28 heavy (non-hydrogen) atoms. The number of nitrogens with zero attached hydrogens (tertiary/aromatic N) is 2. The second-order valence-corrected chi connectivity index (χ2v) is 5.77. The fraction of sp³-hybridized carbons (Fsp3) is 0.0476. The molecule has 2 N–H and O–H groups in total. The summed E-state index contributed by atoms with van der Waals surface area (Å²) >= 11 is 0. The van der Waals surface area contributed by atoms with Gasteiger partial charge in [0.25, 0.3) is 5.91 Å². The fourth-order valence-corrected chi connectivity index (χ4v) is 2.43. The van der Waals surface area contributed by atoms with E-state index in [-0.39, 0.29) is 5.91 Å². The second kappa shape index (κ2) is 8.47. The highest BCUT2D eigenvalue weighted by molar-refractivity contribution is 6.04. The molecule has 138 valence electrons. The van der Waals surface area contributed by atoms with Gasteiger partial charge in [-0.25, -0.2) is 9.78 Å². The SMILES string of the molecule is COC(=O)c1ccc(Nc2ccc(C(=O)Nc3cccc(C#N)c3)cn2)cc1. The van der Waals surface area contributed by atoms with Crippen LogP contribution in [-0.2, 0) is 4.74 Å². The predicted octanol–water partition coefficient (Wildman–Crippen LogP) is 3.74. The van der Waals surface area contributed by atoms with E-state index in [9.17, 15) is 9.59 Å². The molecule has 0 fully saturated rings. The lowest BCUT2D eigenvalue weighted by Gasteiger charge is -2.08. The summed E-state index contributed by atoms with van der Waals surface area (Å²) in [5.74, 6) is -0.175. The van der Waals surface area contributed by atoms with E-state index >= 15 is 0 Å². The Labute approximate surface area is 161 Å². The molecule has 0 aliphatic heterocycles. The van der Waals surface area contributed by atoms with Gasteiger partial charge in [0.05, 0.1) is 29.9 Å². The van der Waals surface area contributed by atoms with Crippen molar-refractivity contribution >= 4 is 29.1 Å². The molecule has 0 bridgehead atoms. The number of pyridine rings is 1. The van der Waals surface area contributed by atoms with Crippen molar-refractivity contribution in [1.82, 2.24) is 4.98 Å². The number of methoxy groups -OCH3 is 1. The van der Waals surface area contributed by atoms with Gasteiger partial charge in [-0.1, -0.05) is 6.07 Å². The first kappa shape index (κ1) is 18.6. The molecule has 0 atom stereocenters. The van der Waals surface area contributed by atoms with Crippen molar-refractivity contribution < 1.29 is 14.3 Å². The molecule has 0 radical (unpaired) electrons. The van der Waals surface area contributed by atoms with Crippen LogP contribution in [0.2, 0.25) is 0 Å². The van der Waals surface area contributed by atoms with Crippen molar-refractivity contribution in [1.29, 1.82) is 5.26 Å². The summed E-state index contributed by atoms with van der Waals surface area (Å²) in [6.07, 6.45) is 1.45. The van der Waals surface area contributed by atoms with Crippen LogP contribution in [0.3, 0.4) is 0 Å². The van der Waals surface area contributed by atoms with Gasteiger partial charge in [0.15, 0.2) is 0 Å². The Morgan fingerprint density at radius 2 is 1.75 bits per heavy atom. The highest BCUT2D eigenvalue weighted by Gasteiger charge is 2.08. The number of ether oxygens (including phenoxy) is 1. The molecule has 0 aliphatic carbocycles. The van der Waals surface area contributed by atoms with Crippen LogP contribution in [0.1, 0.15) is 26.3 Å². The summed E-state index contributed by atoms with van der Waals surface area (Å²) in [7, 11) is 1.33. The number of carbonyl (C=O) groups is 2. The monoisotopic (exact) mass is 372 g/mol. The van der Waals surface area contributed by atoms with E-state index in [1.54, 1.807) is 60.7 Å². The zero-order chi connectivity index (χ0) is 19.9. The molecule has 0 aliphatic rings. The lowest BCUT2D eigenvalue weighted by molar-refractivity contribution is 0.0600. The van der Waals surface area contributed by atoms with E-state index in [4.69, 9.17) is 5.26 Å². The molecular weight excluding hydrogens is 356 g/mol. The van der Waals surface area contributed by atoms with E-state index in [1.807, 2.05) is 6.07 Å². The van der Waals surface area contributed by atoms with Gasteiger partial charge in [-0.05, 0) is 54.6 Å². The summed E-state index contributed by atoms with van der Waals surface area (Å²) in [5.41, 5.74) is 2.58. The Bertz CT molecular complexity index is 1040. The van der Waals surface area contributed by atoms with Gasteiger partial charge in [0.1, 0.15) is 5.82 Å². The number of nitrogens with one attached hydrogen (secondary N) is 2. The van der Waals surface area contributed by atoms with Crippen LogP contribution in [-0.4, -0.2) is 24.0 Å². The largest absolute Gasteiger partial charge is 0.465 e. The molecule has 0 saturated heterocycles. The number of amides is 1. The molecule has 7 heteroatoms. The molecule has 2 aromatic carbocycles. The molecule has 0 saturated carbocycles. The van der Waals surface area contributed by atoms with Crippen molar-refractivity contribution in [2.24, 2.45) is 0 Å². The van der Waals surface area contributed by atoms with E-state index in [2.05, 4.69) is 20.4 Å². The minimum atomic E-state index is -0.402. The maximum Gasteiger partial charge on any atom is 0.337 e. The van der Waals surface area contributed by atoms with Crippen LogP contribution in [0.4, 0.5) is 17.2 Å². The normalized spacial score (nSPS) is 9.86. The van der Waals surface area contributed by atoms with Crippen LogP contribution in [0.25, 0.3) is 0 Å². The number of aromatic nitrogens is 1. The van der Waals surface area contributed by atoms with E-state index in [1.165, 1.54) is 13.3 Å². The molecule has 0 spiro atoms. The second-order valence-electron chi connectivity index (χ2n) is 5.77. The minimum absolute atomic E-state index is 0.323. The molecule has 1 heterocycles. The Kier molecular flexibility index (Phi) is 5.63. The highest BCUT2D eigenvalue weighted by atomic mass is 16.5. The van der Waals surface area contributed by atoms with Crippen molar-refractivity contribution in [3.63, 3.8) is 0 Å². The molecule has 3 rings (SSSR count). The van der Waals surface area contributed by atoms with Gasteiger partial charge in [0, 0.05) is 17.6 Å². The van der Waals surface area contributed by atoms with Crippen LogP contribution >= 0.6 is 0 Å². The summed E-state index contributed by atoms with van der Waals surface area (Å²) in [5, 5.41) is 14.7. The van der Waals surface area contributed by atoms with Crippen molar-refractivity contribution in [3.8, 4) is 6.07 Å². The maximum absolute atomic E-state index is 12.3. The van der Waals surface area contributed by atoms with E-state index in [0.29, 0.717) is 28.2 Å². The molecule has 1 aromatic heterocycles. The fourth-order valence-electron chi connectivity index (χ4n) is 2.43. The van der Waals surface area contributed by atoms with Crippen molar-refractivity contribution in [2.45, 2.75) is 0 Å². The smallest absolute Gasteiger partial charge is 0.337 e. The molecule has 1 amide bonds. The Morgan fingerprint density at radius 1 is 1.00 bits per heavy atom. The van der Waals surface area contributed by atoms with Gasteiger partial charge in [0.2, 0.25) is 0 Å². The first-order chi connectivity index (χ1) is 13.6. The number of anilines is 3. The standard InChI is InChI=1S/C21H16N4O3/c1-28-21(27)15-5-8-17(9-6-15)24-19-10-7-16(13-23-19)20(26)25-18-4-2-3-14(11-18)12-22/h2-11,13H,1H3,(H,23,24)(H,25,26). The first-order valence-electron chi connectivity index (χ1n) is 8.32. The average Bonchev–Trinajstić information content (AvgIpc) is 2.74. The Balaban J connectivity index is 1.65. The Hall–Kier alpha value is -4.18. The number of rotatable bonds is 5. The van der Waals surface area contributed by atoms with E-state index in [0.717, 1.165) is 5.69 Å². The number of hydrogen-bond acceptors (Lipinski definition) is 6. The number of benzene rings is 2. The van der Waals surface area contributed by atoms with Gasteiger partial charge in [-0.15, -0.1) is 0 Å².